The highest BCUT2D eigenvalue weighted by Crippen LogP contribution is 2.33. The minimum absolute atomic E-state index is 0.0447. The van der Waals surface area contributed by atoms with E-state index >= 15 is 0 Å². The standard InChI is InChI=1S/C9H10F3NO/c1-2-14-8-4-6(9(10,11)12)3-7(13)5-8/h3-5H,2,13H2,1H3. The molecule has 2 N–H and O–H groups in total. The Morgan fingerprint density at radius 1 is 1.29 bits per heavy atom. The Kier molecular flexibility index (Phi) is 2.88. The molecule has 0 amide bonds. The van der Waals surface area contributed by atoms with Crippen LogP contribution in [0.1, 0.15) is 12.5 Å². The van der Waals surface area contributed by atoms with Crippen LogP contribution in [0.15, 0.2) is 18.2 Å². The molecule has 0 aliphatic carbocycles. The van der Waals surface area contributed by atoms with Crippen molar-refractivity contribution in [1.82, 2.24) is 0 Å². The van der Waals surface area contributed by atoms with Crippen LogP contribution in [0, 0.1) is 0 Å². The molecule has 0 atom stereocenters. The molecule has 1 aromatic rings. The molecule has 0 spiro atoms. The maximum absolute atomic E-state index is 12.3. The molecule has 0 saturated heterocycles. The van der Waals surface area contributed by atoms with Crippen molar-refractivity contribution in [2.75, 3.05) is 12.3 Å². The van der Waals surface area contributed by atoms with Gasteiger partial charge < -0.3 is 10.5 Å². The number of hydrogen-bond acceptors (Lipinski definition) is 2. The summed E-state index contributed by atoms with van der Waals surface area (Å²) in [7, 11) is 0. The fraction of sp³-hybridized carbons (Fsp3) is 0.333. The third-order valence-electron chi connectivity index (χ3n) is 1.57. The smallest absolute Gasteiger partial charge is 0.416 e. The molecule has 0 unspecified atom stereocenters. The summed E-state index contributed by atoms with van der Waals surface area (Å²) < 4.78 is 41.8. The quantitative estimate of drug-likeness (QED) is 0.753. The maximum Gasteiger partial charge on any atom is 0.416 e. The van der Waals surface area contributed by atoms with Gasteiger partial charge in [0.05, 0.1) is 12.2 Å². The highest BCUT2D eigenvalue weighted by atomic mass is 19.4. The summed E-state index contributed by atoms with van der Waals surface area (Å²) in [4.78, 5) is 0. The summed E-state index contributed by atoms with van der Waals surface area (Å²) in [5.41, 5.74) is 4.56. The predicted octanol–water partition coefficient (Wildman–Crippen LogP) is 2.69. The fourth-order valence-electron chi connectivity index (χ4n) is 1.04. The van der Waals surface area contributed by atoms with Crippen LogP contribution in [0.25, 0.3) is 0 Å². The van der Waals surface area contributed by atoms with Crippen LogP contribution in [-0.2, 0) is 6.18 Å². The van der Waals surface area contributed by atoms with E-state index in [1.807, 2.05) is 0 Å². The summed E-state index contributed by atoms with van der Waals surface area (Å²) in [6.45, 7) is 2.00. The Hall–Kier alpha value is -1.39. The molecule has 1 rings (SSSR count). The molecule has 0 aliphatic heterocycles. The summed E-state index contributed by atoms with van der Waals surface area (Å²) in [6.07, 6.45) is -4.39. The Balaban J connectivity index is 3.07. The number of anilines is 1. The van der Waals surface area contributed by atoms with E-state index in [4.69, 9.17) is 10.5 Å². The van der Waals surface area contributed by atoms with Crippen LogP contribution in [0.5, 0.6) is 5.75 Å². The average Bonchev–Trinajstić information content (AvgIpc) is 2.02. The first-order chi connectivity index (χ1) is 6.43. The zero-order chi connectivity index (χ0) is 10.8. The van der Waals surface area contributed by atoms with E-state index in [2.05, 4.69) is 0 Å². The van der Waals surface area contributed by atoms with E-state index in [-0.39, 0.29) is 11.4 Å². The van der Waals surface area contributed by atoms with E-state index in [0.29, 0.717) is 6.61 Å². The Morgan fingerprint density at radius 2 is 1.93 bits per heavy atom. The van der Waals surface area contributed by atoms with Gasteiger partial charge in [-0.1, -0.05) is 0 Å². The van der Waals surface area contributed by atoms with E-state index in [0.717, 1.165) is 12.1 Å². The molecule has 0 heterocycles. The second kappa shape index (κ2) is 3.77. The van der Waals surface area contributed by atoms with Crippen molar-refractivity contribution in [3.63, 3.8) is 0 Å². The van der Waals surface area contributed by atoms with E-state index in [1.165, 1.54) is 6.07 Å². The number of benzene rings is 1. The molecule has 0 saturated carbocycles. The van der Waals surface area contributed by atoms with Gasteiger partial charge in [0, 0.05) is 11.8 Å². The van der Waals surface area contributed by atoms with Crippen LogP contribution in [-0.4, -0.2) is 6.61 Å². The zero-order valence-electron chi connectivity index (χ0n) is 7.56. The van der Waals surface area contributed by atoms with Gasteiger partial charge in [-0.25, -0.2) is 0 Å². The topological polar surface area (TPSA) is 35.2 Å². The highest BCUT2D eigenvalue weighted by Gasteiger charge is 2.31. The number of ether oxygens (including phenoxy) is 1. The SMILES string of the molecule is CCOc1cc(N)cc(C(F)(F)F)c1. The van der Waals surface area contributed by atoms with Crippen molar-refractivity contribution in [2.24, 2.45) is 0 Å². The second-order valence-corrected chi connectivity index (χ2v) is 2.72. The lowest BCUT2D eigenvalue weighted by Gasteiger charge is -2.10. The third kappa shape index (κ3) is 2.55. The normalized spacial score (nSPS) is 11.4. The summed E-state index contributed by atoms with van der Waals surface area (Å²) >= 11 is 0. The van der Waals surface area contributed by atoms with Crippen molar-refractivity contribution in [1.29, 1.82) is 0 Å². The number of alkyl halides is 3. The van der Waals surface area contributed by atoms with Gasteiger partial charge >= 0.3 is 6.18 Å². The van der Waals surface area contributed by atoms with Crippen LogP contribution < -0.4 is 10.5 Å². The Labute approximate surface area is 79.5 Å². The molecule has 14 heavy (non-hydrogen) atoms. The molecule has 0 bridgehead atoms. The first-order valence-electron chi connectivity index (χ1n) is 4.04. The molecule has 78 valence electrons. The summed E-state index contributed by atoms with van der Waals surface area (Å²) in [5.74, 6) is 0.139. The first-order valence-corrected chi connectivity index (χ1v) is 4.04. The molecule has 5 heteroatoms. The fourth-order valence-corrected chi connectivity index (χ4v) is 1.04. The van der Waals surface area contributed by atoms with Gasteiger partial charge in [0.1, 0.15) is 5.75 Å². The summed E-state index contributed by atoms with van der Waals surface area (Å²) in [5, 5.41) is 0. The highest BCUT2D eigenvalue weighted by molar-refractivity contribution is 5.48. The van der Waals surface area contributed by atoms with E-state index in [9.17, 15) is 13.2 Å². The molecule has 0 radical (unpaired) electrons. The van der Waals surface area contributed by atoms with Gasteiger partial charge in [0.2, 0.25) is 0 Å². The van der Waals surface area contributed by atoms with Crippen LogP contribution >= 0.6 is 0 Å². The number of nitrogens with two attached hydrogens (primary N) is 1. The predicted molar refractivity (Wildman–Crippen MR) is 47.0 cm³/mol. The largest absolute Gasteiger partial charge is 0.494 e. The second-order valence-electron chi connectivity index (χ2n) is 2.72. The Morgan fingerprint density at radius 3 is 2.43 bits per heavy atom. The van der Waals surface area contributed by atoms with Crippen LogP contribution in [0.3, 0.4) is 0 Å². The number of rotatable bonds is 2. The minimum atomic E-state index is -4.39. The lowest BCUT2D eigenvalue weighted by Crippen LogP contribution is -2.06. The lowest BCUT2D eigenvalue weighted by molar-refractivity contribution is -0.137. The Bertz CT molecular complexity index is 322. The van der Waals surface area contributed by atoms with Gasteiger partial charge in [-0.2, -0.15) is 13.2 Å². The zero-order valence-corrected chi connectivity index (χ0v) is 7.56. The van der Waals surface area contributed by atoms with Gasteiger partial charge in [-0.05, 0) is 19.1 Å². The third-order valence-corrected chi connectivity index (χ3v) is 1.57. The minimum Gasteiger partial charge on any atom is -0.494 e. The summed E-state index contributed by atoms with van der Waals surface area (Å²) in [6, 6.07) is 3.17. The molecule has 0 aliphatic rings. The number of hydrogen-bond donors (Lipinski definition) is 1. The molecular weight excluding hydrogens is 195 g/mol. The number of halogens is 3. The van der Waals surface area contributed by atoms with Crippen LogP contribution in [0.4, 0.5) is 18.9 Å². The monoisotopic (exact) mass is 205 g/mol. The molecule has 2 nitrogen and oxygen atoms in total. The number of nitrogen functional groups attached to an aromatic ring is 1. The van der Waals surface area contributed by atoms with Gasteiger partial charge in [0.25, 0.3) is 0 Å². The van der Waals surface area contributed by atoms with E-state index < -0.39 is 11.7 Å². The molecule has 0 aromatic heterocycles. The van der Waals surface area contributed by atoms with Gasteiger partial charge in [-0.3, -0.25) is 0 Å². The maximum atomic E-state index is 12.3. The molecule has 1 aromatic carbocycles. The van der Waals surface area contributed by atoms with Crippen molar-refractivity contribution in [3.05, 3.63) is 23.8 Å². The van der Waals surface area contributed by atoms with Crippen LogP contribution in [0.2, 0.25) is 0 Å². The average molecular weight is 205 g/mol. The lowest BCUT2D eigenvalue weighted by atomic mass is 10.2. The molecule has 0 fully saturated rings. The van der Waals surface area contributed by atoms with E-state index in [1.54, 1.807) is 6.92 Å². The van der Waals surface area contributed by atoms with Crippen molar-refractivity contribution < 1.29 is 17.9 Å². The van der Waals surface area contributed by atoms with Crippen molar-refractivity contribution in [3.8, 4) is 5.75 Å². The van der Waals surface area contributed by atoms with Crippen molar-refractivity contribution >= 4 is 5.69 Å². The van der Waals surface area contributed by atoms with Gasteiger partial charge in [-0.15, -0.1) is 0 Å². The van der Waals surface area contributed by atoms with Crippen molar-refractivity contribution in [2.45, 2.75) is 13.1 Å². The molecular formula is C9H10F3NO. The first kappa shape index (κ1) is 10.7. The van der Waals surface area contributed by atoms with Gasteiger partial charge in [0.15, 0.2) is 0 Å².